The van der Waals surface area contributed by atoms with Gasteiger partial charge in [-0.15, -0.1) is 0 Å². The summed E-state index contributed by atoms with van der Waals surface area (Å²) in [5.41, 5.74) is 0.478. The minimum absolute atomic E-state index is 0.0906. The van der Waals surface area contributed by atoms with Gasteiger partial charge in [-0.25, -0.2) is 4.79 Å². The summed E-state index contributed by atoms with van der Waals surface area (Å²) in [7, 11) is 0. The Labute approximate surface area is 121 Å². The first-order chi connectivity index (χ1) is 10.0. The highest BCUT2D eigenvalue weighted by Gasteiger charge is 2.42. The van der Waals surface area contributed by atoms with Crippen LogP contribution in [0.15, 0.2) is 12.4 Å². The van der Waals surface area contributed by atoms with Crippen molar-refractivity contribution in [2.45, 2.75) is 50.4 Å². The number of carboxylic acid groups (broad SMARTS) is 1. The van der Waals surface area contributed by atoms with E-state index in [1.165, 1.54) is 17.1 Å². The van der Waals surface area contributed by atoms with Crippen LogP contribution >= 0.6 is 0 Å². The minimum Gasteiger partial charge on any atom is -0.480 e. The van der Waals surface area contributed by atoms with Gasteiger partial charge in [-0.2, -0.15) is 5.10 Å². The average Bonchev–Trinajstić information content (AvgIpc) is 2.92. The number of aliphatic hydroxyl groups is 1. The van der Waals surface area contributed by atoms with Gasteiger partial charge < -0.3 is 20.4 Å². The molecule has 2 aliphatic heterocycles. The number of piperidine rings is 1. The number of anilines is 1. The normalized spacial score (nSPS) is 27.7. The van der Waals surface area contributed by atoms with E-state index < -0.39 is 5.97 Å². The molecule has 8 heteroatoms. The van der Waals surface area contributed by atoms with Crippen molar-refractivity contribution >= 4 is 17.7 Å². The number of rotatable bonds is 3. The zero-order chi connectivity index (χ0) is 15.0. The largest absolute Gasteiger partial charge is 0.480 e. The number of nitrogens with one attached hydrogen (secondary N) is 1. The molecule has 2 amide bonds. The molecule has 2 atom stereocenters. The molecule has 1 aromatic heterocycles. The molecule has 21 heavy (non-hydrogen) atoms. The minimum atomic E-state index is -0.987. The number of hydrogen-bond acceptors (Lipinski definition) is 4. The third-order valence-electron chi connectivity index (χ3n) is 4.12. The van der Waals surface area contributed by atoms with Crippen molar-refractivity contribution in [3.63, 3.8) is 0 Å². The van der Waals surface area contributed by atoms with Crippen molar-refractivity contribution in [3.8, 4) is 0 Å². The van der Waals surface area contributed by atoms with Crippen LogP contribution in [0.25, 0.3) is 0 Å². The average molecular weight is 294 g/mol. The standard InChI is InChI=1S/C13H18N4O4/c18-11-3-9-1-2-10(4-11)17(9)13(21)15-8-5-14-16(6-8)7-12(19)20/h5-6,9-11,18H,1-4,7H2,(H,15,21)(H,19,20). The molecule has 3 rings (SSSR count). The summed E-state index contributed by atoms with van der Waals surface area (Å²) in [6, 6.07) is -0.0232. The van der Waals surface area contributed by atoms with Crippen molar-refractivity contribution in [1.29, 1.82) is 0 Å². The van der Waals surface area contributed by atoms with Crippen LogP contribution in [0.1, 0.15) is 25.7 Å². The number of aliphatic hydroxyl groups excluding tert-OH is 1. The summed E-state index contributed by atoms with van der Waals surface area (Å²) in [6.07, 6.45) is 5.71. The van der Waals surface area contributed by atoms with E-state index >= 15 is 0 Å². The Morgan fingerprint density at radius 1 is 1.33 bits per heavy atom. The molecule has 0 saturated carbocycles. The summed E-state index contributed by atoms with van der Waals surface area (Å²) in [4.78, 5) is 24.7. The van der Waals surface area contributed by atoms with Crippen LogP contribution < -0.4 is 5.32 Å². The van der Waals surface area contributed by atoms with E-state index in [0.29, 0.717) is 18.5 Å². The van der Waals surface area contributed by atoms with Gasteiger partial charge in [0.1, 0.15) is 6.54 Å². The van der Waals surface area contributed by atoms with Gasteiger partial charge in [0.05, 0.1) is 18.0 Å². The summed E-state index contributed by atoms with van der Waals surface area (Å²) < 4.78 is 1.26. The van der Waals surface area contributed by atoms with Crippen LogP contribution in [0.5, 0.6) is 0 Å². The van der Waals surface area contributed by atoms with E-state index in [9.17, 15) is 14.7 Å². The third-order valence-corrected chi connectivity index (χ3v) is 4.12. The predicted molar refractivity (Wildman–Crippen MR) is 72.8 cm³/mol. The van der Waals surface area contributed by atoms with Crippen LogP contribution in [0, 0.1) is 0 Å². The number of carbonyl (C=O) groups is 2. The van der Waals surface area contributed by atoms with Gasteiger partial charge in [0.15, 0.2) is 0 Å². The van der Waals surface area contributed by atoms with E-state index in [1.807, 2.05) is 0 Å². The number of carboxylic acids is 1. The molecule has 0 aliphatic carbocycles. The number of urea groups is 1. The lowest BCUT2D eigenvalue weighted by atomic mass is 10.0. The zero-order valence-electron chi connectivity index (χ0n) is 11.5. The maximum absolute atomic E-state index is 12.3. The second-order valence-electron chi connectivity index (χ2n) is 5.67. The number of aliphatic carboxylic acids is 1. The Morgan fingerprint density at radius 3 is 2.62 bits per heavy atom. The topological polar surface area (TPSA) is 108 Å². The van der Waals surface area contributed by atoms with E-state index in [0.717, 1.165) is 12.8 Å². The second kappa shape index (κ2) is 5.36. The summed E-state index contributed by atoms with van der Waals surface area (Å²) in [6.45, 7) is -0.239. The maximum atomic E-state index is 12.3. The molecule has 2 fully saturated rings. The molecule has 0 spiro atoms. The fraction of sp³-hybridized carbons (Fsp3) is 0.615. The van der Waals surface area contributed by atoms with Gasteiger partial charge in [-0.3, -0.25) is 9.48 Å². The van der Waals surface area contributed by atoms with Gasteiger partial charge in [-0.1, -0.05) is 0 Å². The van der Waals surface area contributed by atoms with Crippen molar-refractivity contribution < 1.29 is 19.8 Å². The Morgan fingerprint density at radius 2 is 2.00 bits per heavy atom. The molecule has 1 aromatic rings. The molecule has 114 valence electrons. The highest BCUT2D eigenvalue weighted by atomic mass is 16.4. The highest BCUT2D eigenvalue weighted by Crippen LogP contribution is 2.36. The van der Waals surface area contributed by atoms with Crippen LogP contribution in [0.3, 0.4) is 0 Å². The predicted octanol–water partition coefficient (Wildman–Crippen LogP) is 0.487. The molecule has 0 aromatic carbocycles. The molecule has 3 heterocycles. The van der Waals surface area contributed by atoms with E-state index in [4.69, 9.17) is 5.11 Å². The lowest BCUT2D eigenvalue weighted by Gasteiger charge is -2.36. The SMILES string of the molecule is O=C(O)Cn1cc(NC(=O)N2C3CCC2CC(O)C3)cn1. The smallest absolute Gasteiger partial charge is 0.325 e. The molecule has 2 aliphatic rings. The van der Waals surface area contributed by atoms with Crippen LogP contribution in [-0.4, -0.2) is 55.1 Å². The molecule has 2 saturated heterocycles. The number of nitrogens with zero attached hydrogens (tertiary/aromatic N) is 3. The molecule has 2 unspecified atom stereocenters. The van der Waals surface area contributed by atoms with Crippen molar-refractivity contribution in [2.24, 2.45) is 0 Å². The second-order valence-corrected chi connectivity index (χ2v) is 5.67. The number of carbonyl (C=O) groups excluding carboxylic acids is 1. The number of hydrogen-bond donors (Lipinski definition) is 3. The van der Waals surface area contributed by atoms with Crippen molar-refractivity contribution in [1.82, 2.24) is 14.7 Å². The van der Waals surface area contributed by atoms with E-state index in [-0.39, 0.29) is 30.8 Å². The zero-order valence-corrected chi connectivity index (χ0v) is 11.5. The maximum Gasteiger partial charge on any atom is 0.325 e. The summed E-state index contributed by atoms with van der Waals surface area (Å²) >= 11 is 0. The van der Waals surface area contributed by atoms with Crippen LogP contribution in [0.4, 0.5) is 10.5 Å². The first-order valence-corrected chi connectivity index (χ1v) is 7.04. The Kier molecular flexibility index (Phi) is 3.54. The molecular weight excluding hydrogens is 276 g/mol. The number of fused-ring (bicyclic) bond motifs is 2. The lowest BCUT2D eigenvalue weighted by Crippen LogP contribution is -2.49. The molecular formula is C13H18N4O4. The number of aromatic nitrogens is 2. The van der Waals surface area contributed by atoms with Crippen LogP contribution in [-0.2, 0) is 11.3 Å². The van der Waals surface area contributed by atoms with Gasteiger partial charge in [-0.05, 0) is 25.7 Å². The highest BCUT2D eigenvalue weighted by molar-refractivity contribution is 5.89. The first-order valence-electron chi connectivity index (χ1n) is 7.04. The number of amides is 2. The molecule has 3 N–H and O–H groups in total. The molecule has 2 bridgehead atoms. The third kappa shape index (κ3) is 2.85. The fourth-order valence-electron chi connectivity index (χ4n) is 3.32. The molecule has 0 radical (unpaired) electrons. The first kappa shape index (κ1) is 13.9. The Hall–Kier alpha value is -2.09. The van der Waals surface area contributed by atoms with Crippen LogP contribution in [0.2, 0.25) is 0 Å². The Bertz CT molecular complexity index is 544. The van der Waals surface area contributed by atoms with Gasteiger partial charge in [0.25, 0.3) is 0 Å². The van der Waals surface area contributed by atoms with Gasteiger partial charge >= 0.3 is 12.0 Å². The molecule has 8 nitrogen and oxygen atoms in total. The lowest BCUT2D eigenvalue weighted by molar-refractivity contribution is -0.137. The summed E-state index contributed by atoms with van der Waals surface area (Å²) in [5.74, 6) is -0.987. The Balaban J connectivity index is 1.64. The van der Waals surface area contributed by atoms with Crippen molar-refractivity contribution in [2.75, 3.05) is 5.32 Å². The fourth-order valence-corrected chi connectivity index (χ4v) is 3.32. The van der Waals surface area contributed by atoms with E-state index in [1.54, 1.807) is 4.90 Å². The van der Waals surface area contributed by atoms with Crippen molar-refractivity contribution in [3.05, 3.63) is 12.4 Å². The van der Waals surface area contributed by atoms with Gasteiger partial charge in [0.2, 0.25) is 0 Å². The monoisotopic (exact) mass is 294 g/mol. The quantitative estimate of drug-likeness (QED) is 0.752. The summed E-state index contributed by atoms with van der Waals surface area (Å²) in [5, 5.41) is 25.1. The van der Waals surface area contributed by atoms with E-state index in [2.05, 4.69) is 10.4 Å². The van der Waals surface area contributed by atoms with Gasteiger partial charge in [0, 0.05) is 18.3 Å².